The van der Waals surface area contributed by atoms with Gasteiger partial charge in [-0.05, 0) is 12.8 Å². The van der Waals surface area contributed by atoms with Crippen LogP contribution in [0.4, 0.5) is 0 Å². The molecule has 0 aromatic rings. The Bertz CT molecular complexity index is 287. The van der Waals surface area contributed by atoms with Crippen LogP contribution in [0, 0.1) is 5.41 Å². The van der Waals surface area contributed by atoms with Crippen LogP contribution in [0.1, 0.15) is 47.0 Å². The highest BCUT2D eigenvalue weighted by Gasteiger charge is 2.66. The van der Waals surface area contributed by atoms with Crippen molar-refractivity contribution in [1.82, 2.24) is 10.6 Å². The third-order valence-corrected chi connectivity index (χ3v) is 4.52. The highest BCUT2D eigenvalue weighted by molar-refractivity contribution is 5.92. The van der Waals surface area contributed by atoms with Gasteiger partial charge in [-0.2, -0.15) is 0 Å². The minimum atomic E-state index is -0.322. The zero-order chi connectivity index (χ0) is 11.3. The van der Waals surface area contributed by atoms with Gasteiger partial charge in [0.05, 0.1) is 6.04 Å². The van der Waals surface area contributed by atoms with Gasteiger partial charge in [0, 0.05) is 11.5 Å². The number of nitrogens with one attached hydrogen (secondary N) is 2. The molecule has 15 heavy (non-hydrogen) atoms. The van der Waals surface area contributed by atoms with Crippen LogP contribution in [0.15, 0.2) is 0 Å². The number of amides is 1. The molecule has 2 bridgehead atoms. The summed E-state index contributed by atoms with van der Waals surface area (Å²) in [5, 5.41) is 6.75. The molecule has 2 aliphatic rings. The summed E-state index contributed by atoms with van der Waals surface area (Å²) in [5.74, 6) is 0.201. The number of carbonyl (C=O) groups is 1. The predicted molar refractivity (Wildman–Crippen MR) is 60.6 cm³/mol. The van der Waals surface area contributed by atoms with Crippen LogP contribution in [0.2, 0.25) is 0 Å². The minimum absolute atomic E-state index is 0.0403. The molecule has 3 nitrogen and oxygen atoms in total. The quantitative estimate of drug-likeness (QED) is 0.740. The molecule has 3 unspecified atom stereocenters. The Balaban J connectivity index is 2.32. The number of rotatable bonds is 3. The summed E-state index contributed by atoms with van der Waals surface area (Å²) in [6.45, 7) is 8.72. The van der Waals surface area contributed by atoms with Crippen LogP contribution in [-0.2, 0) is 4.79 Å². The van der Waals surface area contributed by atoms with Crippen molar-refractivity contribution in [2.75, 3.05) is 0 Å². The van der Waals surface area contributed by atoms with E-state index in [0.717, 1.165) is 12.8 Å². The fourth-order valence-electron chi connectivity index (χ4n) is 3.53. The molecule has 1 amide bonds. The predicted octanol–water partition coefficient (Wildman–Crippen LogP) is 1.43. The van der Waals surface area contributed by atoms with Crippen LogP contribution < -0.4 is 10.6 Å². The maximum Gasteiger partial charge on any atom is 0.241 e. The molecule has 2 heterocycles. The molecule has 0 aromatic carbocycles. The van der Waals surface area contributed by atoms with Gasteiger partial charge in [0.1, 0.15) is 5.54 Å². The third-order valence-electron chi connectivity index (χ3n) is 4.52. The van der Waals surface area contributed by atoms with E-state index in [9.17, 15) is 4.79 Å². The van der Waals surface area contributed by atoms with Crippen LogP contribution in [-0.4, -0.2) is 23.5 Å². The van der Waals surface area contributed by atoms with E-state index in [1.807, 2.05) is 0 Å². The van der Waals surface area contributed by atoms with Gasteiger partial charge < -0.3 is 5.32 Å². The highest BCUT2D eigenvalue weighted by atomic mass is 16.2. The molecule has 0 radical (unpaired) electrons. The third kappa shape index (κ3) is 1.13. The second-order valence-corrected chi connectivity index (χ2v) is 5.47. The fraction of sp³-hybridized carbons (Fsp3) is 0.917. The first kappa shape index (κ1) is 10.9. The van der Waals surface area contributed by atoms with E-state index in [2.05, 4.69) is 38.3 Å². The lowest BCUT2D eigenvalue weighted by Gasteiger charge is -2.33. The van der Waals surface area contributed by atoms with E-state index < -0.39 is 0 Å². The lowest BCUT2D eigenvalue weighted by molar-refractivity contribution is -0.127. The maximum atomic E-state index is 12.0. The van der Waals surface area contributed by atoms with Gasteiger partial charge >= 0.3 is 0 Å². The topological polar surface area (TPSA) is 41.1 Å². The lowest BCUT2D eigenvalue weighted by Crippen LogP contribution is -2.59. The summed E-state index contributed by atoms with van der Waals surface area (Å²) in [5.41, 5.74) is -0.282. The number of hydrogen-bond acceptors (Lipinski definition) is 2. The molecule has 2 aliphatic heterocycles. The number of piperazine rings is 1. The normalized spacial score (nSPS) is 42.0. The molecule has 86 valence electrons. The standard InChI is InChI=1S/C12H22N2O/c1-5-7-8-9-11(3,4)12(6-2,14-8)10(15)13-9/h8-9,14H,5-7H2,1-4H3,(H,13,15). The van der Waals surface area contributed by atoms with Gasteiger partial charge in [0.2, 0.25) is 5.91 Å². The monoisotopic (exact) mass is 210 g/mol. The van der Waals surface area contributed by atoms with Crippen molar-refractivity contribution in [3.63, 3.8) is 0 Å². The first-order valence-corrected chi connectivity index (χ1v) is 6.08. The summed E-state index contributed by atoms with van der Waals surface area (Å²) in [4.78, 5) is 12.0. The average molecular weight is 210 g/mol. The molecule has 2 rings (SSSR count). The SMILES string of the molecule is CCCC1NC2(CC)C(=O)NC1C2(C)C. The van der Waals surface area contributed by atoms with Gasteiger partial charge in [-0.3, -0.25) is 10.1 Å². The van der Waals surface area contributed by atoms with Crippen LogP contribution >= 0.6 is 0 Å². The van der Waals surface area contributed by atoms with E-state index >= 15 is 0 Å². The van der Waals surface area contributed by atoms with Gasteiger partial charge in [-0.1, -0.05) is 34.1 Å². The molecule has 2 fully saturated rings. The Hall–Kier alpha value is -0.570. The summed E-state index contributed by atoms with van der Waals surface area (Å²) >= 11 is 0. The van der Waals surface area contributed by atoms with Crippen molar-refractivity contribution in [2.24, 2.45) is 5.41 Å². The fourth-order valence-corrected chi connectivity index (χ4v) is 3.53. The first-order chi connectivity index (χ1) is 6.99. The van der Waals surface area contributed by atoms with E-state index in [4.69, 9.17) is 0 Å². The molecule has 2 saturated heterocycles. The van der Waals surface area contributed by atoms with Crippen LogP contribution in [0.3, 0.4) is 0 Å². The largest absolute Gasteiger partial charge is 0.350 e. The smallest absolute Gasteiger partial charge is 0.241 e. The van der Waals surface area contributed by atoms with Gasteiger partial charge in [-0.25, -0.2) is 0 Å². The second kappa shape index (κ2) is 3.21. The lowest BCUT2D eigenvalue weighted by atomic mass is 9.72. The van der Waals surface area contributed by atoms with E-state index in [1.165, 1.54) is 6.42 Å². The Kier molecular flexibility index (Phi) is 2.34. The average Bonchev–Trinajstić information content (AvgIpc) is 2.50. The molecule has 0 spiro atoms. The molecular weight excluding hydrogens is 188 g/mol. The van der Waals surface area contributed by atoms with Gasteiger partial charge in [0.25, 0.3) is 0 Å². The van der Waals surface area contributed by atoms with Crippen molar-refractivity contribution in [3.05, 3.63) is 0 Å². The second-order valence-electron chi connectivity index (χ2n) is 5.47. The highest BCUT2D eigenvalue weighted by Crippen LogP contribution is 2.49. The Morgan fingerprint density at radius 2 is 2.00 bits per heavy atom. The van der Waals surface area contributed by atoms with E-state index in [-0.39, 0.29) is 16.9 Å². The van der Waals surface area contributed by atoms with Crippen molar-refractivity contribution < 1.29 is 4.79 Å². The maximum absolute atomic E-state index is 12.0. The van der Waals surface area contributed by atoms with Crippen molar-refractivity contribution in [1.29, 1.82) is 0 Å². The van der Waals surface area contributed by atoms with Crippen LogP contribution in [0.5, 0.6) is 0 Å². The van der Waals surface area contributed by atoms with Crippen molar-refractivity contribution in [2.45, 2.75) is 64.6 Å². The molecule has 3 heteroatoms. The first-order valence-electron chi connectivity index (χ1n) is 6.08. The summed E-state index contributed by atoms with van der Waals surface area (Å²) < 4.78 is 0. The Morgan fingerprint density at radius 1 is 1.33 bits per heavy atom. The molecule has 0 saturated carbocycles. The number of fused-ring (bicyclic) bond motifs is 2. The minimum Gasteiger partial charge on any atom is -0.350 e. The van der Waals surface area contributed by atoms with Crippen LogP contribution in [0.25, 0.3) is 0 Å². The van der Waals surface area contributed by atoms with Crippen molar-refractivity contribution >= 4 is 5.91 Å². The Morgan fingerprint density at radius 3 is 2.47 bits per heavy atom. The Labute approximate surface area is 92.0 Å². The molecule has 0 aromatic heterocycles. The zero-order valence-corrected chi connectivity index (χ0v) is 10.2. The van der Waals surface area contributed by atoms with E-state index in [0.29, 0.717) is 12.1 Å². The summed E-state index contributed by atoms with van der Waals surface area (Å²) in [7, 11) is 0. The number of carbonyl (C=O) groups excluding carboxylic acids is 1. The summed E-state index contributed by atoms with van der Waals surface area (Å²) in [6.07, 6.45) is 3.19. The molecule has 0 aliphatic carbocycles. The molecule has 2 N–H and O–H groups in total. The zero-order valence-electron chi connectivity index (χ0n) is 10.2. The summed E-state index contributed by atoms with van der Waals surface area (Å²) in [6, 6.07) is 0.771. The number of hydrogen-bond donors (Lipinski definition) is 2. The van der Waals surface area contributed by atoms with Gasteiger partial charge in [0.15, 0.2) is 0 Å². The van der Waals surface area contributed by atoms with Gasteiger partial charge in [-0.15, -0.1) is 0 Å². The van der Waals surface area contributed by atoms with E-state index in [1.54, 1.807) is 0 Å². The van der Waals surface area contributed by atoms with Crippen molar-refractivity contribution in [3.8, 4) is 0 Å². The molecule has 3 atom stereocenters. The molecular formula is C12H22N2O.